The summed E-state index contributed by atoms with van der Waals surface area (Å²) in [5.74, 6) is 0.00956. The Balaban J connectivity index is 4.58. The Morgan fingerprint density at radius 3 is 2.32 bits per heavy atom. The lowest BCUT2D eigenvalue weighted by Gasteiger charge is -2.35. The van der Waals surface area contributed by atoms with Gasteiger partial charge < -0.3 is 19.9 Å². The second kappa shape index (κ2) is 11.9. The van der Waals surface area contributed by atoms with E-state index in [0.717, 1.165) is 32.1 Å². The molecule has 0 bridgehead atoms. The van der Waals surface area contributed by atoms with Crippen molar-refractivity contribution in [2.24, 2.45) is 5.92 Å². The number of nitrogens with one attached hydrogen (secondary N) is 1. The lowest BCUT2D eigenvalue weighted by atomic mass is 9.96. The quantitative estimate of drug-likeness (QED) is 0.496. The van der Waals surface area contributed by atoms with Crippen molar-refractivity contribution in [2.45, 2.75) is 97.8 Å². The van der Waals surface area contributed by atoms with Gasteiger partial charge in [0.25, 0.3) is 0 Å². The highest BCUT2D eigenvalue weighted by Crippen LogP contribution is 2.19. The number of unbranched alkanes of at least 4 members (excludes halogenated alkanes) is 1. The van der Waals surface area contributed by atoms with Crippen LogP contribution in [0.3, 0.4) is 0 Å². The van der Waals surface area contributed by atoms with Gasteiger partial charge in [-0.15, -0.1) is 0 Å². The van der Waals surface area contributed by atoms with Crippen molar-refractivity contribution in [2.75, 3.05) is 19.8 Å². The SMILES string of the molecule is CCCCC(CC)C(=O)NC(C)(CO)COC(C)(C)CCOC(C)C. The smallest absolute Gasteiger partial charge is 0.223 e. The molecule has 5 nitrogen and oxygen atoms in total. The first-order valence-corrected chi connectivity index (χ1v) is 9.77. The molecule has 1 amide bonds. The Hall–Kier alpha value is -0.650. The minimum Gasteiger partial charge on any atom is -0.394 e. The first kappa shape index (κ1) is 24.4. The van der Waals surface area contributed by atoms with Crippen LogP contribution < -0.4 is 5.32 Å². The van der Waals surface area contributed by atoms with Crippen LogP contribution in [0.5, 0.6) is 0 Å². The van der Waals surface area contributed by atoms with Gasteiger partial charge in [-0.1, -0.05) is 26.7 Å². The molecule has 0 rings (SSSR count). The summed E-state index contributed by atoms with van der Waals surface area (Å²) in [7, 11) is 0. The maximum Gasteiger partial charge on any atom is 0.223 e. The van der Waals surface area contributed by atoms with Crippen molar-refractivity contribution in [1.29, 1.82) is 0 Å². The van der Waals surface area contributed by atoms with Crippen LogP contribution in [0.2, 0.25) is 0 Å². The fourth-order valence-corrected chi connectivity index (χ4v) is 2.46. The molecular formula is C20H41NO4. The predicted molar refractivity (Wildman–Crippen MR) is 103 cm³/mol. The van der Waals surface area contributed by atoms with E-state index in [1.807, 2.05) is 41.5 Å². The van der Waals surface area contributed by atoms with Crippen molar-refractivity contribution in [3.63, 3.8) is 0 Å². The number of hydrogen-bond donors (Lipinski definition) is 2. The Labute approximate surface area is 154 Å². The Morgan fingerprint density at radius 1 is 1.20 bits per heavy atom. The minimum atomic E-state index is -0.771. The van der Waals surface area contributed by atoms with Gasteiger partial charge in [0.2, 0.25) is 5.91 Å². The number of rotatable bonds is 14. The average molecular weight is 360 g/mol. The van der Waals surface area contributed by atoms with E-state index in [0.29, 0.717) is 6.61 Å². The third-order valence-electron chi connectivity index (χ3n) is 4.48. The highest BCUT2D eigenvalue weighted by molar-refractivity contribution is 5.79. The van der Waals surface area contributed by atoms with Crippen LogP contribution >= 0.6 is 0 Å². The molecule has 0 aliphatic heterocycles. The van der Waals surface area contributed by atoms with Crippen LogP contribution in [0.25, 0.3) is 0 Å². The molecule has 2 N–H and O–H groups in total. The summed E-state index contributed by atoms with van der Waals surface area (Å²) in [5, 5.41) is 12.8. The van der Waals surface area contributed by atoms with Crippen LogP contribution in [-0.2, 0) is 14.3 Å². The first-order chi connectivity index (χ1) is 11.6. The molecule has 0 spiro atoms. The summed E-state index contributed by atoms with van der Waals surface area (Å²) in [4.78, 5) is 12.5. The van der Waals surface area contributed by atoms with E-state index in [-0.39, 0.29) is 36.7 Å². The summed E-state index contributed by atoms with van der Waals surface area (Å²) in [5.41, 5.74) is -1.14. The number of aliphatic hydroxyl groups is 1. The van der Waals surface area contributed by atoms with Crippen LogP contribution in [0.15, 0.2) is 0 Å². The third kappa shape index (κ3) is 10.8. The highest BCUT2D eigenvalue weighted by Gasteiger charge is 2.31. The summed E-state index contributed by atoms with van der Waals surface area (Å²) in [6, 6.07) is 0. The second-order valence-electron chi connectivity index (χ2n) is 8.17. The summed E-state index contributed by atoms with van der Waals surface area (Å²) < 4.78 is 11.6. The normalized spacial score (nSPS) is 15.9. The van der Waals surface area contributed by atoms with Gasteiger partial charge in [-0.2, -0.15) is 0 Å². The number of carbonyl (C=O) groups is 1. The molecule has 0 heterocycles. The largest absolute Gasteiger partial charge is 0.394 e. The van der Waals surface area contributed by atoms with E-state index in [1.165, 1.54) is 0 Å². The number of aliphatic hydroxyl groups excluding tert-OH is 1. The fourth-order valence-electron chi connectivity index (χ4n) is 2.46. The molecule has 0 aromatic carbocycles. The summed E-state index contributed by atoms with van der Waals surface area (Å²) >= 11 is 0. The first-order valence-electron chi connectivity index (χ1n) is 9.77. The molecule has 150 valence electrons. The molecule has 25 heavy (non-hydrogen) atoms. The van der Waals surface area contributed by atoms with Crippen LogP contribution in [0.4, 0.5) is 0 Å². The van der Waals surface area contributed by atoms with Crippen molar-refractivity contribution in [3.8, 4) is 0 Å². The van der Waals surface area contributed by atoms with E-state index in [2.05, 4.69) is 12.2 Å². The molecule has 2 unspecified atom stereocenters. The molecule has 2 atom stereocenters. The van der Waals surface area contributed by atoms with Crippen molar-refractivity contribution in [3.05, 3.63) is 0 Å². The predicted octanol–water partition coefficient (Wildman–Crippen LogP) is 3.68. The van der Waals surface area contributed by atoms with E-state index >= 15 is 0 Å². The average Bonchev–Trinajstić information content (AvgIpc) is 2.53. The maximum absolute atomic E-state index is 12.5. The van der Waals surface area contributed by atoms with Crippen LogP contribution in [-0.4, -0.2) is 48.1 Å². The Kier molecular flexibility index (Phi) is 11.6. The molecule has 0 aliphatic rings. The molecule has 0 radical (unpaired) electrons. The fraction of sp³-hybridized carbons (Fsp3) is 0.950. The zero-order chi connectivity index (χ0) is 19.5. The number of amides is 1. The van der Waals surface area contributed by atoms with Gasteiger partial charge in [0, 0.05) is 12.5 Å². The second-order valence-corrected chi connectivity index (χ2v) is 8.17. The maximum atomic E-state index is 12.5. The number of hydrogen-bond acceptors (Lipinski definition) is 4. The lowest BCUT2D eigenvalue weighted by molar-refractivity contribution is -0.131. The molecule has 0 saturated heterocycles. The van der Waals surface area contributed by atoms with E-state index in [9.17, 15) is 9.90 Å². The Morgan fingerprint density at radius 2 is 1.84 bits per heavy atom. The molecular weight excluding hydrogens is 318 g/mol. The molecule has 0 saturated carbocycles. The van der Waals surface area contributed by atoms with Gasteiger partial charge in [-0.3, -0.25) is 4.79 Å². The molecule has 0 fully saturated rings. The van der Waals surface area contributed by atoms with Gasteiger partial charge in [0.05, 0.1) is 30.5 Å². The van der Waals surface area contributed by atoms with Gasteiger partial charge in [0.15, 0.2) is 0 Å². The third-order valence-corrected chi connectivity index (χ3v) is 4.48. The minimum absolute atomic E-state index is 0.00160. The van der Waals surface area contributed by atoms with Gasteiger partial charge in [0.1, 0.15) is 0 Å². The molecule has 5 heteroatoms. The molecule has 0 aromatic heterocycles. The lowest BCUT2D eigenvalue weighted by Crippen LogP contribution is -2.55. The van der Waals surface area contributed by atoms with Crippen molar-refractivity contribution >= 4 is 5.91 Å². The summed E-state index contributed by atoms with van der Waals surface area (Å²) in [6.07, 6.45) is 4.78. The topological polar surface area (TPSA) is 67.8 Å². The van der Waals surface area contributed by atoms with Gasteiger partial charge >= 0.3 is 0 Å². The number of ether oxygens (including phenoxy) is 2. The van der Waals surface area contributed by atoms with E-state index in [4.69, 9.17) is 9.47 Å². The standard InChI is InChI=1S/C20H41NO4/c1-8-10-11-17(9-2)18(23)21-20(7,14-22)15-25-19(5,6)12-13-24-16(3)4/h16-17,22H,8-15H2,1-7H3,(H,21,23). The zero-order valence-electron chi connectivity index (χ0n) is 17.5. The van der Waals surface area contributed by atoms with E-state index < -0.39 is 5.54 Å². The van der Waals surface area contributed by atoms with Crippen molar-refractivity contribution < 1.29 is 19.4 Å². The number of carbonyl (C=O) groups excluding carboxylic acids is 1. The summed E-state index contributed by atoms with van der Waals surface area (Å²) in [6.45, 7) is 14.8. The Bertz CT molecular complexity index is 371. The van der Waals surface area contributed by atoms with Crippen LogP contribution in [0, 0.1) is 5.92 Å². The van der Waals surface area contributed by atoms with Gasteiger partial charge in [-0.25, -0.2) is 0 Å². The molecule has 0 aliphatic carbocycles. The zero-order valence-corrected chi connectivity index (χ0v) is 17.5. The van der Waals surface area contributed by atoms with E-state index in [1.54, 1.807) is 0 Å². The highest BCUT2D eigenvalue weighted by atomic mass is 16.5. The van der Waals surface area contributed by atoms with Crippen molar-refractivity contribution in [1.82, 2.24) is 5.32 Å². The monoisotopic (exact) mass is 359 g/mol. The van der Waals surface area contributed by atoms with Gasteiger partial charge in [-0.05, 0) is 53.9 Å². The van der Waals surface area contributed by atoms with Crippen LogP contribution in [0.1, 0.15) is 80.6 Å². The molecule has 0 aromatic rings.